The van der Waals surface area contributed by atoms with Gasteiger partial charge in [-0.3, -0.25) is 20.2 Å². The first-order valence-corrected chi connectivity index (χ1v) is 9.76. The Morgan fingerprint density at radius 3 is 2.32 bits per heavy atom. The minimum absolute atomic E-state index is 0.0148. The second-order valence-corrected chi connectivity index (χ2v) is 7.25. The maximum atomic E-state index is 10.8. The molecule has 0 radical (unpaired) electrons. The number of non-ortho nitro benzene ring substituents is 2. The summed E-state index contributed by atoms with van der Waals surface area (Å²) in [7, 11) is 0. The Kier molecular flexibility index (Phi) is 7.28. The summed E-state index contributed by atoms with van der Waals surface area (Å²) in [6, 6.07) is 17.6. The van der Waals surface area contributed by atoms with Crippen LogP contribution in [0.4, 0.5) is 11.4 Å². The highest BCUT2D eigenvalue weighted by molar-refractivity contribution is 9.10. The Labute approximate surface area is 185 Å². The maximum absolute atomic E-state index is 10.8. The molecule has 0 heterocycles. The Balaban J connectivity index is 1.63. The summed E-state index contributed by atoms with van der Waals surface area (Å²) in [4.78, 5) is 25.9. The quantitative estimate of drug-likeness (QED) is 0.227. The molecule has 0 N–H and O–H groups in total. The molecular formula is C21H16BrN3O6. The fourth-order valence-electron chi connectivity index (χ4n) is 2.59. The number of ether oxygens (including phenoxy) is 1. The molecule has 0 aliphatic rings. The highest BCUT2D eigenvalue weighted by Gasteiger charge is 2.08. The number of hydrogen-bond donors (Lipinski definition) is 0. The van der Waals surface area contributed by atoms with Crippen LogP contribution in [0, 0.1) is 20.2 Å². The zero-order valence-corrected chi connectivity index (χ0v) is 17.6. The molecule has 3 aromatic rings. The van der Waals surface area contributed by atoms with Gasteiger partial charge < -0.3 is 9.57 Å². The standard InChI is InChI=1S/C21H16BrN3O6/c22-18-6-9-21(30-13-15-4-7-19(8-5-15)24(26)27)17(11-18)12-23-31-14-16-2-1-3-20(10-16)25(28)29/h1-12H,13-14H2/b23-12-. The Bertz CT molecular complexity index is 1120. The van der Waals surface area contributed by atoms with E-state index >= 15 is 0 Å². The van der Waals surface area contributed by atoms with E-state index in [9.17, 15) is 20.2 Å². The van der Waals surface area contributed by atoms with Crippen molar-refractivity contribution in [3.05, 3.63) is 108 Å². The first kappa shape index (κ1) is 21.9. The van der Waals surface area contributed by atoms with Gasteiger partial charge in [-0.15, -0.1) is 0 Å². The lowest BCUT2D eigenvalue weighted by atomic mass is 10.2. The Morgan fingerprint density at radius 1 is 0.871 bits per heavy atom. The van der Waals surface area contributed by atoms with Gasteiger partial charge in [-0.05, 0) is 41.5 Å². The smallest absolute Gasteiger partial charge is 0.269 e. The van der Waals surface area contributed by atoms with Crippen LogP contribution < -0.4 is 4.74 Å². The van der Waals surface area contributed by atoms with Crippen LogP contribution in [0.1, 0.15) is 16.7 Å². The minimum atomic E-state index is -0.469. The van der Waals surface area contributed by atoms with E-state index < -0.39 is 9.85 Å². The van der Waals surface area contributed by atoms with Crippen molar-refractivity contribution in [1.82, 2.24) is 0 Å². The van der Waals surface area contributed by atoms with Crippen molar-refractivity contribution in [2.45, 2.75) is 13.2 Å². The molecule has 0 aromatic heterocycles. The van der Waals surface area contributed by atoms with Crippen LogP contribution in [0.5, 0.6) is 5.75 Å². The van der Waals surface area contributed by atoms with Gasteiger partial charge in [-0.2, -0.15) is 0 Å². The molecule has 158 valence electrons. The molecule has 0 spiro atoms. The van der Waals surface area contributed by atoms with Gasteiger partial charge in [0.2, 0.25) is 0 Å². The van der Waals surface area contributed by atoms with Crippen LogP contribution in [-0.2, 0) is 18.1 Å². The third-order valence-electron chi connectivity index (χ3n) is 4.13. The fraction of sp³-hybridized carbons (Fsp3) is 0.0952. The van der Waals surface area contributed by atoms with Crippen LogP contribution >= 0.6 is 15.9 Å². The van der Waals surface area contributed by atoms with Crippen molar-refractivity contribution < 1.29 is 19.4 Å². The number of hydrogen-bond acceptors (Lipinski definition) is 7. The topological polar surface area (TPSA) is 117 Å². The van der Waals surface area contributed by atoms with Gasteiger partial charge in [0.25, 0.3) is 11.4 Å². The van der Waals surface area contributed by atoms with Crippen molar-refractivity contribution in [3.63, 3.8) is 0 Å². The van der Waals surface area contributed by atoms with Crippen molar-refractivity contribution in [1.29, 1.82) is 0 Å². The molecule has 0 amide bonds. The lowest BCUT2D eigenvalue weighted by Crippen LogP contribution is -1.99. The number of nitrogens with zero attached hydrogens (tertiary/aromatic N) is 3. The monoisotopic (exact) mass is 485 g/mol. The van der Waals surface area contributed by atoms with Crippen molar-refractivity contribution in [2.24, 2.45) is 5.16 Å². The van der Waals surface area contributed by atoms with Gasteiger partial charge in [0, 0.05) is 34.3 Å². The first-order valence-electron chi connectivity index (χ1n) is 8.97. The summed E-state index contributed by atoms with van der Waals surface area (Å²) < 4.78 is 6.64. The molecule has 3 aromatic carbocycles. The summed E-state index contributed by atoms with van der Waals surface area (Å²) in [6.07, 6.45) is 1.48. The van der Waals surface area contributed by atoms with E-state index in [0.29, 0.717) is 16.9 Å². The molecule has 0 aliphatic heterocycles. The van der Waals surface area contributed by atoms with Crippen LogP contribution in [0.25, 0.3) is 0 Å². The van der Waals surface area contributed by atoms with E-state index in [4.69, 9.17) is 9.57 Å². The zero-order chi connectivity index (χ0) is 22.2. The molecule has 0 bridgehead atoms. The zero-order valence-electron chi connectivity index (χ0n) is 16.0. The average molecular weight is 486 g/mol. The molecule has 31 heavy (non-hydrogen) atoms. The van der Waals surface area contributed by atoms with Gasteiger partial charge in [0.05, 0.1) is 16.1 Å². The van der Waals surface area contributed by atoms with E-state index in [0.717, 1.165) is 10.0 Å². The minimum Gasteiger partial charge on any atom is -0.488 e. The predicted octanol–water partition coefficient (Wildman–Crippen LogP) is 5.40. The van der Waals surface area contributed by atoms with Gasteiger partial charge in [0.15, 0.2) is 0 Å². The summed E-state index contributed by atoms with van der Waals surface area (Å²) in [5.74, 6) is 0.546. The van der Waals surface area contributed by atoms with Gasteiger partial charge in [-0.25, -0.2) is 0 Å². The molecule has 10 heteroatoms. The Hall–Kier alpha value is -3.79. The Morgan fingerprint density at radius 2 is 1.61 bits per heavy atom. The molecule has 9 nitrogen and oxygen atoms in total. The van der Waals surface area contributed by atoms with Crippen molar-refractivity contribution in [3.8, 4) is 5.75 Å². The maximum Gasteiger partial charge on any atom is 0.269 e. The number of benzene rings is 3. The lowest BCUT2D eigenvalue weighted by Gasteiger charge is -2.09. The third-order valence-corrected chi connectivity index (χ3v) is 4.63. The highest BCUT2D eigenvalue weighted by Crippen LogP contribution is 2.23. The first-order chi connectivity index (χ1) is 14.9. The molecule has 3 rings (SSSR count). The molecule has 0 saturated carbocycles. The van der Waals surface area contributed by atoms with Crippen LogP contribution in [-0.4, -0.2) is 16.1 Å². The molecule has 0 unspecified atom stereocenters. The highest BCUT2D eigenvalue weighted by atomic mass is 79.9. The number of halogens is 1. The molecule has 0 fully saturated rings. The normalized spacial score (nSPS) is 10.7. The fourth-order valence-corrected chi connectivity index (χ4v) is 2.97. The van der Waals surface area contributed by atoms with Gasteiger partial charge in [-0.1, -0.05) is 33.2 Å². The predicted molar refractivity (Wildman–Crippen MR) is 117 cm³/mol. The van der Waals surface area contributed by atoms with E-state index in [2.05, 4.69) is 21.1 Å². The average Bonchev–Trinajstić information content (AvgIpc) is 2.76. The number of oxime groups is 1. The van der Waals surface area contributed by atoms with Gasteiger partial charge in [0.1, 0.15) is 19.0 Å². The van der Waals surface area contributed by atoms with Crippen molar-refractivity contribution in [2.75, 3.05) is 0 Å². The van der Waals surface area contributed by atoms with E-state index in [1.165, 1.54) is 30.5 Å². The largest absolute Gasteiger partial charge is 0.488 e. The summed E-state index contributed by atoms with van der Waals surface area (Å²) in [6.45, 7) is 0.292. The van der Waals surface area contributed by atoms with E-state index in [1.807, 2.05) is 6.07 Å². The molecular weight excluding hydrogens is 470 g/mol. The number of rotatable bonds is 9. The summed E-state index contributed by atoms with van der Waals surface area (Å²) >= 11 is 3.40. The molecule has 0 aliphatic carbocycles. The van der Waals surface area contributed by atoms with Crippen LogP contribution in [0.3, 0.4) is 0 Å². The lowest BCUT2D eigenvalue weighted by molar-refractivity contribution is -0.385. The second-order valence-electron chi connectivity index (χ2n) is 6.33. The summed E-state index contributed by atoms with van der Waals surface area (Å²) in [5, 5.41) is 25.5. The van der Waals surface area contributed by atoms with Crippen molar-refractivity contribution >= 4 is 33.5 Å². The third kappa shape index (κ3) is 6.34. The summed E-state index contributed by atoms with van der Waals surface area (Å²) in [5.41, 5.74) is 2.05. The number of nitro benzene ring substituents is 2. The SMILES string of the molecule is O=[N+]([O-])c1ccc(COc2ccc(Br)cc2/C=N\OCc2cccc([N+](=O)[O-])c2)cc1. The van der Waals surface area contributed by atoms with Crippen LogP contribution in [0.15, 0.2) is 76.4 Å². The van der Waals surface area contributed by atoms with E-state index in [1.54, 1.807) is 36.4 Å². The van der Waals surface area contributed by atoms with E-state index in [-0.39, 0.29) is 24.6 Å². The second kappa shape index (κ2) is 10.3. The molecule has 0 saturated heterocycles. The van der Waals surface area contributed by atoms with Gasteiger partial charge >= 0.3 is 0 Å². The molecule has 0 atom stereocenters. The van der Waals surface area contributed by atoms with Crippen LogP contribution in [0.2, 0.25) is 0 Å². The number of nitro groups is 2.